The van der Waals surface area contributed by atoms with Crippen molar-refractivity contribution in [1.29, 1.82) is 0 Å². The van der Waals surface area contributed by atoms with Crippen LogP contribution in [-0.4, -0.2) is 23.0 Å². The molecule has 0 saturated heterocycles. The summed E-state index contributed by atoms with van der Waals surface area (Å²) in [7, 11) is 1.76. The number of pyridine rings is 1. The second-order valence-corrected chi connectivity index (χ2v) is 8.19. The molecule has 3 heteroatoms. The molecule has 3 rings (SSSR count). The highest BCUT2D eigenvalue weighted by molar-refractivity contribution is 5.69. The van der Waals surface area contributed by atoms with E-state index in [2.05, 4.69) is 87.2 Å². The molecule has 1 atom stereocenters. The van der Waals surface area contributed by atoms with Crippen LogP contribution in [0.3, 0.4) is 0 Å². The van der Waals surface area contributed by atoms with Crippen LogP contribution in [0.25, 0.3) is 11.3 Å². The van der Waals surface area contributed by atoms with Gasteiger partial charge in [-0.2, -0.15) is 0 Å². The zero-order chi connectivity index (χ0) is 22.2. The molecule has 0 aliphatic heterocycles. The van der Waals surface area contributed by atoms with E-state index in [1.54, 1.807) is 7.11 Å². The molecule has 0 aliphatic rings. The molecule has 1 aromatic heterocycles. The Labute approximate surface area is 188 Å². The quantitative estimate of drug-likeness (QED) is 0.368. The lowest BCUT2D eigenvalue weighted by atomic mass is 9.94. The van der Waals surface area contributed by atoms with E-state index in [9.17, 15) is 0 Å². The Bertz CT molecular complexity index is 946. The lowest BCUT2D eigenvalue weighted by molar-refractivity contribution is 0.183. The highest BCUT2D eigenvalue weighted by Crippen LogP contribution is 2.32. The standard InChI is InChI=1S/C28H36N2O/c1-6-21(4)30(19-22-13-10-9-11-14-22)20-25-18-29-26(17-27(25)31-5)28-23(7-2)15-12-16-24(28)8-3/h9-18,21H,6-8,19-20H2,1-5H3. The highest BCUT2D eigenvalue weighted by atomic mass is 16.5. The predicted molar refractivity (Wildman–Crippen MR) is 130 cm³/mol. The molecule has 31 heavy (non-hydrogen) atoms. The first-order valence-electron chi connectivity index (χ1n) is 11.5. The number of methoxy groups -OCH3 is 1. The summed E-state index contributed by atoms with van der Waals surface area (Å²) in [5, 5.41) is 0. The Balaban J connectivity index is 1.94. The van der Waals surface area contributed by atoms with Crippen molar-refractivity contribution in [2.45, 2.75) is 66.1 Å². The van der Waals surface area contributed by atoms with Crippen LogP contribution < -0.4 is 4.74 Å². The molecule has 3 aromatic rings. The molecule has 0 saturated carbocycles. The highest BCUT2D eigenvalue weighted by Gasteiger charge is 2.18. The second kappa shape index (κ2) is 11.1. The van der Waals surface area contributed by atoms with E-state index in [-0.39, 0.29) is 0 Å². The average Bonchev–Trinajstić information content (AvgIpc) is 2.83. The largest absolute Gasteiger partial charge is 0.496 e. The molecule has 0 bridgehead atoms. The first-order chi connectivity index (χ1) is 15.1. The van der Waals surface area contributed by atoms with Crippen LogP contribution in [0.15, 0.2) is 60.8 Å². The van der Waals surface area contributed by atoms with E-state index >= 15 is 0 Å². The normalized spacial score (nSPS) is 12.2. The smallest absolute Gasteiger partial charge is 0.127 e. The first kappa shape index (κ1) is 23.0. The summed E-state index contributed by atoms with van der Waals surface area (Å²) in [6.45, 7) is 10.7. The Morgan fingerprint density at radius 3 is 2.13 bits per heavy atom. The molecule has 0 aliphatic carbocycles. The van der Waals surface area contributed by atoms with Crippen LogP contribution in [0.4, 0.5) is 0 Å². The fourth-order valence-corrected chi connectivity index (χ4v) is 4.14. The summed E-state index contributed by atoms with van der Waals surface area (Å²) in [4.78, 5) is 7.42. The average molecular weight is 417 g/mol. The number of aryl methyl sites for hydroxylation is 2. The summed E-state index contributed by atoms with van der Waals surface area (Å²) >= 11 is 0. The summed E-state index contributed by atoms with van der Waals surface area (Å²) in [6.07, 6.45) is 5.10. The minimum Gasteiger partial charge on any atom is -0.496 e. The van der Waals surface area contributed by atoms with Crippen molar-refractivity contribution in [3.63, 3.8) is 0 Å². The minimum absolute atomic E-state index is 0.470. The summed E-state index contributed by atoms with van der Waals surface area (Å²) in [5.74, 6) is 0.916. The van der Waals surface area contributed by atoms with E-state index in [4.69, 9.17) is 9.72 Å². The monoisotopic (exact) mass is 416 g/mol. The molecule has 1 heterocycles. The van der Waals surface area contributed by atoms with Gasteiger partial charge in [-0.05, 0) is 42.9 Å². The third-order valence-corrected chi connectivity index (χ3v) is 6.23. The fraction of sp³-hybridized carbons (Fsp3) is 0.393. The van der Waals surface area contributed by atoms with E-state index in [0.29, 0.717) is 6.04 Å². The van der Waals surface area contributed by atoms with E-state index in [1.807, 2.05) is 6.20 Å². The van der Waals surface area contributed by atoms with Crippen molar-refractivity contribution in [2.75, 3.05) is 7.11 Å². The minimum atomic E-state index is 0.470. The molecular weight excluding hydrogens is 380 g/mol. The molecule has 0 spiro atoms. The van der Waals surface area contributed by atoms with E-state index < -0.39 is 0 Å². The zero-order valence-corrected chi connectivity index (χ0v) is 19.7. The van der Waals surface area contributed by atoms with Gasteiger partial charge in [0, 0.05) is 42.5 Å². The van der Waals surface area contributed by atoms with Crippen LogP contribution in [0.5, 0.6) is 5.75 Å². The van der Waals surface area contributed by atoms with Crippen LogP contribution in [0.2, 0.25) is 0 Å². The van der Waals surface area contributed by atoms with Gasteiger partial charge in [0.05, 0.1) is 12.8 Å². The van der Waals surface area contributed by atoms with E-state index in [1.165, 1.54) is 22.3 Å². The SMILES string of the molecule is CCc1cccc(CC)c1-c1cc(OC)c(CN(Cc2ccccc2)C(C)CC)cn1. The number of hydrogen-bond acceptors (Lipinski definition) is 3. The van der Waals surface area contributed by atoms with Gasteiger partial charge in [0.25, 0.3) is 0 Å². The Morgan fingerprint density at radius 1 is 0.871 bits per heavy atom. The lowest BCUT2D eigenvalue weighted by Gasteiger charge is -2.29. The van der Waals surface area contributed by atoms with Gasteiger partial charge in [0.1, 0.15) is 5.75 Å². The van der Waals surface area contributed by atoms with E-state index in [0.717, 1.165) is 49.4 Å². The molecule has 164 valence electrons. The maximum Gasteiger partial charge on any atom is 0.127 e. The number of rotatable bonds is 10. The van der Waals surface area contributed by atoms with Crippen molar-refractivity contribution in [1.82, 2.24) is 9.88 Å². The Morgan fingerprint density at radius 2 is 1.55 bits per heavy atom. The van der Waals surface area contributed by atoms with Gasteiger partial charge in [-0.3, -0.25) is 9.88 Å². The predicted octanol–water partition coefficient (Wildman–Crippen LogP) is 6.68. The van der Waals surface area contributed by atoms with Gasteiger partial charge < -0.3 is 4.74 Å². The molecule has 0 N–H and O–H groups in total. The Kier molecular flexibility index (Phi) is 8.25. The number of ether oxygens (including phenoxy) is 1. The van der Waals surface area contributed by atoms with Crippen LogP contribution in [0.1, 0.15) is 56.4 Å². The molecule has 2 aromatic carbocycles. The molecule has 0 amide bonds. The van der Waals surface area contributed by atoms with Crippen LogP contribution in [-0.2, 0) is 25.9 Å². The number of hydrogen-bond donors (Lipinski definition) is 0. The van der Waals surface area contributed by atoms with Crippen molar-refractivity contribution in [3.05, 3.63) is 83.0 Å². The lowest BCUT2D eigenvalue weighted by Crippen LogP contribution is -2.31. The van der Waals surface area contributed by atoms with Crippen LogP contribution >= 0.6 is 0 Å². The van der Waals surface area contributed by atoms with Gasteiger partial charge in [0.2, 0.25) is 0 Å². The topological polar surface area (TPSA) is 25.4 Å². The van der Waals surface area contributed by atoms with Crippen molar-refractivity contribution >= 4 is 0 Å². The van der Waals surface area contributed by atoms with Gasteiger partial charge in [-0.25, -0.2) is 0 Å². The maximum absolute atomic E-state index is 5.85. The molecule has 1 unspecified atom stereocenters. The van der Waals surface area contributed by atoms with Gasteiger partial charge in [-0.15, -0.1) is 0 Å². The van der Waals surface area contributed by atoms with Crippen LogP contribution in [0, 0.1) is 0 Å². The third kappa shape index (κ3) is 5.54. The molecule has 0 radical (unpaired) electrons. The summed E-state index contributed by atoms with van der Waals surface area (Å²) in [5.41, 5.74) is 7.41. The van der Waals surface area contributed by atoms with Crippen molar-refractivity contribution in [3.8, 4) is 17.0 Å². The summed E-state index contributed by atoms with van der Waals surface area (Å²) in [6, 6.07) is 19.8. The number of aromatic nitrogens is 1. The third-order valence-electron chi connectivity index (χ3n) is 6.23. The number of benzene rings is 2. The van der Waals surface area contributed by atoms with Gasteiger partial charge >= 0.3 is 0 Å². The van der Waals surface area contributed by atoms with Crippen molar-refractivity contribution < 1.29 is 4.74 Å². The maximum atomic E-state index is 5.85. The van der Waals surface area contributed by atoms with Crippen molar-refractivity contribution in [2.24, 2.45) is 0 Å². The Hall–Kier alpha value is -2.65. The second-order valence-electron chi connectivity index (χ2n) is 8.19. The molecule has 0 fully saturated rings. The van der Waals surface area contributed by atoms with Gasteiger partial charge in [0.15, 0.2) is 0 Å². The number of nitrogens with zero attached hydrogens (tertiary/aromatic N) is 2. The molecular formula is C28H36N2O. The molecule has 3 nitrogen and oxygen atoms in total. The first-order valence-corrected chi connectivity index (χ1v) is 11.5. The fourth-order valence-electron chi connectivity index (χ4n) is 4.14. The van der Waals surface area contributed by atoms with Gasteiger partial charge in [-0.1, -0.05) is 69.3 Å². The summed E-state index contributed by atoms with van der Waals surface area (Å²) < 4.78 is 5.85. The zero-order valence-electron chi connectivity index (χ0n) is 19.7.